The number of hydrogen-bond donors (Lipinski definition) is 1. The molecular weight excluding hydrogens is 226 g/mol. The number of rotatable bonds is 3. The van der Waals surface area contributed by atoms with Crippen LogP contribution in [0.3, 0.4) is 0 Å². The fourth-order valence-electron chi connectivity index (χ4n) is 1.77. The molecule has 3 nitrogen and oxygen atoms in total. The van der Waals surface area contributed by atoms with Gasteiger partial charge in [-0.2, -0.15) is 0 Å². The Morgan fingerprint density at radius 3 is 2.17 bits per heavy atom. The third-order valence-corrected chi connectivity index (χ3v) is 2.72. The van der Waals surface area contributed by atoms with Gasteiger partial charge in [0.25, 0.3) is 0 Å². The Hall–Kier alpha value is -2.29. The molecule has 0 aliphatic rings. The van der Waals surface area contributed by atoms with Crippen molar-refractivity contribution in [2.75, 3.05) is 0 Å². The zero-order chi connectivity index (χ0) is 13.0. The van der Waals surface area contributed by atoms with Crippen LogP contribution >= 0.6 is 0 Å². The lowest BCUT2D eigenvalue weighted by Gasteiger charge is -2.11. The smallest absolute Gasteiger partial charge is 0.133 e. The van der Waals surface area contributed by atoms with Crippen LogP contribution < -0.4 is 4.74 Å². The number of nitrogens with zero attached hydrogens (tertiary/aromatic N) is 1. The van der Waals surface area contributed by atoms with Crippen LogP contribution in [0.25, 0.3) is 0 Å². The van der Waals surface area contributed by atoms with Crippen LogP contribution in [0.15, 0.2) is 47.6 Å². The van der Waals surface area contributed by atoms with Gasteiger partial charge >= 0.3 is 0 Å². The van der Waals surface area contributed by atoms with Crippen molar-refractivity contribution in [2.45, 2.75) is 13.8 Å². The largest absolute Gasteiger partial charge is 0.457 e. The Labute approximate surface area is 106 Å². The molecule has 0 amide bonds. The lowest BCUT2D eigenvalue weighted by molar-refractivity contribution is 0.322. The highest BCUT2D eigenvalue weighted by atomic mass is 16.5. The van der Waals surface area contributed by atoms with Gasteiger partial charge in [-0.15, -0.1) is 0 Å². The molecule has 0 unspecified atom stereocenters. The van der Waals surface area contributed by atoms with Gasteiger partial charge in [-0.05, 0) is 54.8 Å². The molecule has 3 heteroatoms. The number of aryl methyl sites for hydroxylation is 2. The summed E-state index contributed by atoms with van der Waals surface area (Å²) in [5.74, 6) is 1.66. The minimum Gasteiger partial charge on any atom is -0.457 e. The Balaban J connectivity index is 2.23. The molecule has 0 atom stereocenters. The van der Waals surface area contributed by atoms with Crippen molar-refractivity contribution >= 4 is 6.21 Å². The monoisotopic (exact) mass is 241 g/mol. The molecule has 18 heavy (non-hydrogen) atoms. The first kappa shape index (κ1) is 12.2. The number of oxime groups is 1. The summed E-state index contributed by atoms with van der Waals surface area (Å²) in [6, 6.07) is 13.4. The Morgan fingerprint density at radius 1 is 1.00 bits per heavy atom. The van der Waals surface area contributed by atoms with E-state index in [1.54, 1.807) is 0 Å². The third kappa shape index (κ3) is 2.69. The predicted octanol–water partition coefficient (Wildman–Crippen LogP) is 3.90. The Bertz CT molecular complexity index is 539. The van der Waals surface area contributed by atoms with Crippen LogP contribution in [0.4, 0.5) is 0 Å². The topological polar surface area (TPSA) is 41.8 Å². The molecule has 0 saturated carbocycles. The second-order valence-electron chi connectivity index (χ2n) is 4.14. The van der Waals surface area contributed by atoms with Crippen molar-refractivity contribution < 1.29 is 9.94 Å². The summed E-state index contributed by atoms with van der Waals surface area (Å²) in [4.78, 5) is 0. The maximum absolute atomic E-state index is 8.44. The van der Waals surface area contributed by atoms with E-state index < -0.39 is 0 Å². The lowest BCUT2D eigenvalue weighted by Crippen LogP contribution is -1.91. The first-order valence-corrected chi connectivity index (χ1v) is 5.72. The average molecular weight is 241 g/mol. The zero-order valence-electron chi connectivity index (χ0n) is 10.4. The van der Waals surface area contributed by atoms with E-state index >= 15 is 0 Å². The minimum absolute atomic E-state index is 0.766. The zero-order valence-corrected chi connectivity index (χ0v) is 10.4. The van der Waals surface area contributed by atoms with Crippen molar-refractivity contribution in [3.8, 4) is 11.5 Å². The molecule has 2 aromatic carbocycles. The first-order valence-electron chi connectivity index (χ1n) is 5.72. The lowest BCUT2D eigenvalue weighted by atomic mass is 10.1. The van der Waals surface area contributed by atoms with Crippen LogP contribution in [0.5, 0.6) is 11.5 Å². The van der Waals surface area contributed by atoms with E-state index in [1.165, 1.54) is 6.21 Å². The van der Waals surface area contributed by atoms with E-state index in [2.05, 4.69) is 5.16 Å². The van der Waals surface area contributed by atoms with Crippen LogP contribution in [0.2, 0.25) is 0 Å². The molecule has 0 radical (unpaired) electrons. The SMILES string of the molecule is Cc1cccc(C)c1Oc1ccc(C=NO)cc1. The third-order valence-electron chi connectivity index (χ3n) is 2.72. The van der Waals surface area contributed by atoms with Crippen LogP contribution in [-0.4, -0.2) is 11.4 Å². The van der Waals surface area contributed by atoms with Crippen LogP contribution in [0.1, 0.15) is 16.7 Å². The molecule has 0 spiro atoms. The molecule has 1 N–H and O–H groups in total. The van der Waals surface area contributed by atoms with E-state index in [-0.39, 0.29) is 0 Å². The van der Waals surface area contributed by atoms with Crippen molar-refractivity contribution in [3.63, 3.8) is 0 Å². The highest BCUT2D eigenvalue weighted by molar-refractivity contribution is 5.79. The second-order valence-corrected chi connectivity index (χ2v) is 4.14. The minimum atomic E-state index is 0.766. The maximum atomic E-state index is 8.44. The van der Waals surface area contributed by atoms with Crippen molar-refractivity contribution in [1.29, 1.82) is 0 Å². The molecular formula is C15H15NO2. The second kappa shape index (κ2) is 5.36. The molecule has 92 valence electrons. The summed E-state index contributed by atoms with van der Waals surface area (Å²) in [6.07, 6.45) is 1.38. The summed E-state index contributed by atoms with van der Waals surface area (Å²) < 4.78 is 5.87. The van der Waals surface area contributed by atoms with Crippen molar-refractivity contribution in [2.24, 2.45) is 5.16 Å². The van der Waals surface area contributed by atoms with Gasteiger partial charge in [0.15, 0.2) is 0 Å². The Kier molecular flexibility index (Phi) is 3.63. The Morgan fingerprint density at radius 2 is 1.61 bits per heavy atom. The van der Waals surface area contributed by atoms with E-state index in [0.29, 0.717) is 0 Å². The van der Waals surface area contributed by atoms with Gasteiger partial charge in [-0.1, -0.05) is 23.4 Å². The van der Waals surface area contributed by atoms with Crippen molar-refractivity contribution in [1.82, 2.24) is 0 Å². The summed E-state index contributed by atoms with van der Waals surface area (Å²) in [6.45, 7) is 4.05. The normalized spacial score (nSPS) is 10.8. The average Bonchev–Trinajstić information content (AvgIpc) is 2.36. The van der Waals surface area contributed by atoms with E-state index in [9.17, 15) is 0 Å². The molecule has 0 fully saturated rings. The fraction of sp³-hybridized carbons (Fsp3) is 0.133. The van der Waals surface area contributed by atoms with Crippen LogP contribution in [-0.2, 0) is 0 Å². The van der Waals surface area contributed by atoms with E-state index in [1.807, 2.05) is 56.3 Å². The summed E-state index contributed by atoms with van der Waals surface area (Å²) in [5.41, 5.74) is 3.04. The summed E-state index contributed by atoms with van der Waals surface area (Å²) >= 11 is 0. The number of ether oxygens (including phenoxy) is 1. The summed E-state index contributed by atoms with van der Waals surface area (Å²) in [5, 5.41) is 11.4. The van der Waals surface area contributed by atoms with Gasteiger partial charge in [-0.25, -0.2) is 0 Å². The molecule has 0 bridgehead atoms. The molecule has 0 aliphatic heterocycles. The number of para-hydroxylation sites is 1. The maximum Gasteiger partial charge on any atom is 0.133 e. The highest BCUT2D eigenvalue weighted by Crippen LogP contribution is 2.28. The molecule has 0 aliphatic carbocycles. The number of benzene rings is 2. The molecule has 0 aromatic heterocycles. The standard InChI is InChI=1S/C15H15NO2/c1-11-4-3-5-12(2)15(11)18-14-8-6-13(7-9-14)10-16-17/h3-10,17H,1-2H3. The fourth-order valence-corrected chi connectivity index (χ4v) is 1.77. The van der Waals surface area contributed by atoms with E-state index in [0.717, 1.165) is 28.2 Å². The van der Waals surface area contributed by atoms with Gasteiger partial charge in [0, 0.05) is 0 Å². The van der Waals surface area contributed by atoms with Gasteiger partial charge < -0.3 is 9.94 Å². The molecule has 0 heterocycles. The molecule has 2 rings (SSSR count). The van der Waals surface area contributed by atoms with Gasteiger partial charge in [0.2, 0.25) is 0 Å². The van der Waals surface area contributed by atoms with Gasteiger partial charge in [-0.3, -0.25) is 0 Å². The first-order chi connectivity index (χ1) is 8.70. The van der Waals surface area contributed by atoms with Gasteiger partial charge in [0.1, 0.15) is 11.5 Å². The number of hydrogen-bond acceptors (Lipinski definition) is 3. The van der Waals surface area contributed by atoms with E-state index in [4.69, 9.17) is 9.94 Å². The van der Waals surface area contributed by atoms with Crippen LogP contribution in [0, 0.1) is 13.8 Å². The molecule has 2 aromatic rings. The quantitative estimate of drug-likeness (QED) is 0.503. The van der Waals surface area contributed by atoms with Gasteiger partial charge in [0.05, 0.1) is 6.21 Å². The summed E-state index contributed by atoms with van der Waals surface area (Å²) in [7, 11) is 0. The predicted molar refractivity (Wildman–Crippen MR) is 71.8 cm³/mol. The molecule has 0 saturated heterocycles. The van der Waals surface area contributed by atoms with Crippen molar-refractivity contribution in [3.05, 3.63) is 59.2 Å². The highest BCUT2D eigenvalue weighted by Gasteiger charge is 2.04.